The first kappa shape index (κ1) is 52.7. The topological polar surface area (TPSA) is 256 Å². The van der Waals surface area contributed by atoms with Gasteiger partial charge >= 0.3 is 23.9 Å². The van der Waals surface area contributed by atoms with Crippen LogP contribution in [0.15, 0.2) is 12.2 Å². The van der Waals surface area contributed by atoms with E-state index < -0.39 is 60.0 Å². The summed E-state index contributed by atoms with van der Waals surface area (Å²) in [7, 11) is 0. The standard InChI is InChI=1S/C16H30O6.C13H24O6.C6H12O4/c1-15(2,9-17)11-21-13(19)7-5-6-8-14(20)22-12-16(3,4)10-18;1-4-13(9-14,10-15)12(16)17-6-5-7-18-19-8-11(2)3;1-2-6(3-7,4-8)5(9)10/h17-18H,5-12H2,1-4H3;14-15H,2,4-10H2,1,3H3;7-8H,2-4H2,1H3,(H,9,10). The molecule has 0 unspecified atom stereocenters. The number of hydrogen-bond donors (Lipinski definition) is 7. The number of aliphatic carboxylic acids is 1. The van der Waals surface area contributed by atoms with Crippen LogP contribution in [-0.2, 0) is 43.2 Å². The predicted molar refractivity (Wildman–Crippen MR) is 186 cm³/mol. The highest BCUT2D eigenvalue weighted by molar-refractivity contribution is 5.77. The Morgan fingerprint density at radius 1 is 0.588 bits per heavy atom. The van der Waals surface area contributed by atoms with Gasteiger partial charge in [-0.2, -0.15) is 0 Å². The van der Waals surface area contributed by atoms with E-state index in [9.17, 15) is 19.2 Å². The van der Waals surface area contributed by atoms with Gasteiger partial charge in [0.1, 0.15) is 17.4 Å². The minimum atomic E-state index is -1.35. The molecule has 0 rings (SSSR count). The number of esters is 3. The number of unbranched alkanes of at least 4 members (excludes halogenated alkanes) is 1. The van der Waals surface area contributed by atoms with Crippen molar-refractivity contribution in [3.8, 4) is 0 Å². The van der Waals surface area contributed by atoms with E-state index in [1.165, 1.54) is 0 Å². The highest BCUT2D eigenvalue weighted by Gasteiger charge is 2.37. The lowest BCUT2D eigenvalue weighted by Gasteiger charge is -2.25. The summed E-state index contributed by atoms with van der Waals surface area (Å²) in [5.74, 6) is -2.39. The second kappa shape index (κ2) is 28.8. The molecule has 0 aromatic rings. The molecule has 0 aromatic carbocycles. The molecule has 0 saturated carbocycles. The van der Waals surface area contributed by atoms with E-state index in [4.69, 9.17) is 59.7 Å². The number of carbonyl (C=O) groups is 4. The zero-order chi connectivity index (χ0) is 40.2. The van der Waals surface area contributed by atoms with Gasteiger partial charge in [-0.25, -0.2) is 9.78 Å². The van der Waals surface area contributed by atoms with E-state index >= 15 is 0 Å². The van der Waals surface area contributed by atoms with Gasteiger partial charge in [-0.3, -0.25) is 19.2 Å². The lowest BCUT2D eigenvalue weighted by molar-refractivity contribution is -0.289. The molecule has 0 aliphatic rings. The van der Waals surface area contributed by atoms with Crippen molar-refractivity contribution < 1.29 is 78.9 Å². The molecule has 16 heteroatoms. The fourth-order valence-corrected chi connectivity index (χ4v) is 3.07. The summed E-state index contributed by atoms with van der Waals surface area (Å²) < 4.78 is 15.1. The summed E-state index contributed by atoms with van der Waals surface area (Å²) in [6, 6.07) is 0. The predicted octanol–water partition coefficient (Wildman–Crippen LogP) is 1.95. The highest BCUT2D eigenvalue weighted by atomic mass is 17.2. The van der Waals surface area contributed by atoms with Crippen molar-refractivity contribution in [1.82, 2.24) is 0 Å². The summed E-state index contributed by atoms with van der Waals surface area (Å²) in [5.41, 5.74) is -2.57. The summed E-state index contributed by atoms with van der Waals surface area (Å²) in [6.07, 6.45) is 2.62. The molecule has 0 atom stereocenters. The average Bonchev–Trinajstić information content (AvgIpc) is 3.10. The van der Waals surface area contributed by atoms with Gasteiger partial charge in [-0.1, -0.05) is 53.7 Å². The lowest BCUT2D eigenvalue weighted by atomic mass is 9.87. The van der Waals surface area contributed by atoms with E-state index in [-0.39, 0.29) is 70.8 Å². The molecule has 0 spiro atoms. The van der Waals surface area contributed by atoms with Crippen molar-refractivity contribution in [2.75, 3.05) is 72.7 Å². The van der Waals surface area contributed by atoms with Crippen LogP contribution in [0.2, 0.25) is 0 Å². The molecule has 7 N–H and O–H groups in total. The quantitative estimate of drug-likeness (QED) is 0.0167. The van der Waals surface area contributed by atoms with E-state index in [1.807, 2.05) is 34.6 Å². The molecular weight excluding hydrogens is 676 g/mol. The number of carboxylic acids is 1. The van der Waals surface area contributed by atoms with Gasteiger partial charge in [-0.05, 0) is 32.6 Å². The van der Waals surface area contributed by atoms with Gasteiger partial charge in [0.05, 0.1) is 66.1 Å². The van der Waals surface area contributed by atoms with E-state index in [0.717, 1.165) is 5.57 Å². The van der Waals surface area contributed by atoms with Crippen LogP contribution in [0.3, 0.4) is 0 Å². The molecular formula is C35H66O16. The number of aliphatic hydroxyl groups is 6. The van der Waals surface area contributed by atoms with Crippen LogP contribution in [0.1, 0.15) is 93.4 Å². The van der Waals surface area contributed by atoms with Crippen molar-refractivity contribution in [3.63, 3.8) is 0 Å². The summed E-state index contributed by atoms with van der Waals surface area (Å²) in [4.78, 5) is 54.8. The van der Waals surface area contributed by atoms with Gasteiger partial charge in [0.25, 0.3) is 0 Å². The van der Waals surface area contributed by atoms with Crippen LogP contribution in [0, 0.1) is 21.7 Å². The maximum atomic E-state index is 11.7. The summed E-state index contributed by atoms with van der Waals surface area (Å²) in [5, 5.41) is 62.1. The third-order valence-corrected chi connectivity index (χ3v) is 7.56. The van der Waals surface area contributed by atoms with Crippen molar-refractivity contribution >= 4 is 23.9 Å². The fourth-order valence-electron chi connectivity index (χ4n) is 3.07. The first-order valence-corrected chi connectivity index (χ1v) is 17.0. The van der Waals surface area contributed by atoms with E-state index in [2.05, 4.69) is 6.58 Å². The number of aliphatic hydroxyl groups excluding tert-OH is 6. The monoisotopic (exact) mass is 742 g/mol. The number of carboxylic acid groups (broad SMARTS) is 1. The summed E-state index contributed by atoms with van der Waals surface area (Å²) in [6.45, 7) is 15.2. The Morgan fingerprint density at radius 3 is 1.29 bits per heavy atom. The Labute approximate surface area is 302 Å². The Balaban J connectivity index is -0.000000723. The van der Waals surface area contributed by atoms with Crippen LogP contribution in [0.25, 0.3) is 0 Å². The normalized spacial score (nSPS) is 11.7. The molecule has 51 heavy (non-hydrogen) atoms. The molecule has 0 radical (unpaired) electrons. The molecule has 0 heterocycles. The van der Waals surface area contributed by atoms with Gasteiger partial charge in [0.15, 0.2) is 0 Å². The Morgan fingerprint density at radius 2 is 1.00 bits per heavy atom. The van der Waals surface area contributed by atoms with Crippen molar-refractivity contribution in [2.45, 2.75) is 93.4 Å². The summed E-state index contributed by atoms with van der Waals surface area (Å²) >= 11 is 0. The largest absolute Gasteiger partial charge is 0.481 e. The first-order valence-electron chi connectivity index (χ1n) is 17.0. The van der Waals surface area contributed by atoms with Crippen molar-refractivity contribution in [2.24, 2.45) is 21.7 Å². The second-order valence-corrected chi connectivity index (χ2v) is 13.9. The highest BCUT2D eigenvalue weighted by Crippen LogP contribution is 2.23. The molecule has 0 fully saturated rings. The molecule has 0 bridgehead atoms. The first-order chi connectivity index (χ1) is 23.8. The number of ether oxygens (including phenoxy) is 3. The Bertz CT molecular complexity index is 920. The van der Waals surface area contributed by atoms with Gasteiger partial charge < -0.3 is 50.0 Å². The van der Waals surface area contributed by atoms with Crippen LogP contribution in [0.4, 0.5) is 0 Å². The minimum absolute atomic E-state index is 0.0453. The van der Waals surface area contributed by atoms with E-state index in [1.54, 1.807) is 13.8 Å². The molecule has 0 saturated heterocycles. The molecule has 0 aliphatic carbocycles. The van der Waals surface area contributed by atoms with Crippen LogP contribution in [-0.4, -0.2) is 132 Å². The zero-order valence-corrected chi connectivity index (χ0v) is 31.7. The second-order valence-electron chi connectivity index (χ2n) is 13.9. The third kappa shape index (κ3) is 25.0. The smallest absolute Gasteiger partial charge is 0.316 e. The fraction of sp³-hybridized carbons (Fsp3) is 0.829. The van der Waals surface area contributed by atoms with E-state index in [0.29, 0.717) is 32.3 Å². The minimum Gasteiger partial charge on any atom is -0.481 e. The van der Waals surface area contributed by atoms with Gasteiger partial charge in [-0.15, -0.1) is 0 Å². The maximum Gasteiger partial charge on any atom is 0.316 e. The van der Waals surface area contributed by atoms with Crippen LogP contribution >= 0.6 is 0 Å². The Kier molecular flexibility index (Phi) is 29.8. The molecule has 302 valence electrons. The van der Waals surface area contributed by atoms with Crippen LogP contribution in [0.5, 0.6) is 0 Å². The van der Waals surface area contributed by atoms with Crippen molar-refractivity contribution in [3.05, 3.63) is 12.2 Å². The van der Waals surface area contributed by atoms with Gasteiger partial charge in [0.2, 0.25) is 0 Å². The number of carbonyl (C=O) groups excluding carboxylic acids is 3. The SMILES string of the molecule is C=C(C)COOCCCOC(=O)C(CC)(CO)CO.CC(C)(CO)COC(=O)CCCCC(=O)OCC(C)(C)CO.CCC(CO)(CO)C(=O)O. The van der Waals surface area contributed by atoms with Crippen LogP contribution < -0.4 is 0 Å². The molecule has 16 nitrogen and oxygen atoms in total. The molecule has 0 amide bonds. The number of rotatable bonds is 26. The Hall–Kier alpha value is -2.70. The molecule has 0 aliphatic heterocycles. The zero-order valence-electron chi connectivity index (χ0n) is 31.7. The van der Waals surface area contributed by atoms with Gasteiger partial charge in [0, 0.05) is 30.1 Å². The maximum absolute atomic E-state index is 11.7. The third-order valence-electron chi connectivity index (χ3n) is 7.56. The average molecular weight is 743 g/mol. The lowest BCUT2D eigenvalue weighted by Crippen LogP contribution is -2.39. The van der Waals surface area contributed by atoms with Crippen molar-refractivity contribution in [1.29, 1.82) is 0 Å². The molecule has 0 aromatic heterocycles. The number of hydrogen-bond acceptors (Lipinski definition) is 15.